The van der Waals surface area contributed by atoms with Gasteiger partial charge in [0.05, 0.1) is 31.2 Å². The molecule has 2 bridgehead atoms. The van der Waals surface area contributed by atoms with Gasteiger partial charge in [-0.25, -0.2) is 0 Å². The average Bonchev–Trinajstić information content (AvgIpc) is 3.51. The maximum Gasteiger partial charge on any atom is 0.250 e. The molecule has 3 amide bonds. The van der Waals surface area contributed by atoms with Crippen LogP contribution in [-0.4, -0.2) is 65.2 Å². The number of hydrogen-bond donors (Lipinski definition) is 3. The Hall–Kier alpha value is -3.43. The summed E-state index contributed by atoms with van der Waals surface area (Å²) in [6.07, 6.45) is 0.613. The average molecular weight is 508 g/mol. The lowest BCUT2D eigenvalue weighted by molar-refractivity contribution is -0.140. The van der Waals surface area contributed by atoms with Gasteiger partial charge in [0, 0.05) is 17.9 Å². The number of nitrogens with zero attached hydrogens (tertiary/aromatic N) is 1. The summed E-state index contributed by atoms with van der Waals surface area (Å²) >= 11 is 0. The first-order valence-electron chi connectivity index (χ1n) is 12.8. The number of carbonyl (C=O) groups excluding carboxylic acids is 3. The molecule has 2 unspecified atom stereocenters. The van der Waals surface area contributed by atoms with Gasteiger partial charge in [0.1, 0.15) is 17.4 Å². The van der Waals surface area contributed by atoms with Crippen molar-refractivity contribution in [1.29, 1.82) is 0 Å². The van der Waals surface area contributed by atoms with E-state index in [4.69, 9.17) is 9.47 Å². The Bertz CT molecular complexity index is 1190. The molecular weight excluding hydrogens is 474 g/mol. The Morgan fingerprint density at radius 2 is 1.81 bits per heavy atom. The summed E-state index contributed by atoms with van der Waals surface area (Å²) < 4.78 is 11.9. The van der Waals surface area contributed by atoms with E-state index in [-0.39, 0.29) is 30.9 Å². The van der Waals surface area contributed by atoms with Crippen LogP contribution in [0.4, 0.5) is 11.4 Å². The number of benzene rings is 2. The number of para-hydroxylation sites is 1. The van der Waals surface area contributed by atoms with Crippen LogP contribution in [0, 0.1) is 25.7 Å². The third-order valence-corrected chi connectivity index (χ3v) is 7.85. The highest BCUT2D eigenvalue weighted by atomic mass is 16.5. The lowest BCUT2D eigenvalue weighted by Gasteiger charge is -2.33. The number of carbonyl (C=O) groups is 3. The fourth-order valence-corrected chi connectivity index (χ4v) is 6.33. The molecule has 2 aromatic carbocycles. The molecule has 3 heterocycles. The fraction of sp³-hybridized carbons (Fsp3) is 0.464. The van der Waals surface area contributed by atoms with Crippen LogP contribution in [0.3, 0.4) is 0 Å². The van der Waals surface area contributed by atoms with Crippen LogP contribution in [-0.2, 0) is 19.1 Å². The molecular formula is C28H33N3O6. The zero-order valence-corrected chi connectivity index (χ0v) is 21.3. The Balaban J connectivity index is 1.42. The van der Waals surface area contributed by atoms with E-state index in [1.54, 1.807) is 24.3 Å². The van der Waals surface area contributed by atoms with Crippen LogP contribution in [0.5, 0.6) is 5.75 Å². The molecule has 2 aromatic rings. The van der Waals surface area contributed by atoms with E-state index in [0.717, 1.165) is 11.1 Å². The number of fused-ring (bicyclic) bond motifs is 1. The van der Waals surface area contributed by atoms with Crippen LogP contribution in [0.1, 0.15) is 30.9 Å². The maximum atomic E-state index is 13.7. The fourth-order valence-electron chi connectivity index (χ4n) is 6.33. The minimum absolute atomic E-state index is 0.0107. The summed E-state index contributed by atoms with van der Waals surface area (Å²) in [5, 5.41) is 15.7. The molecule has 1 spiro atoms. The SMILES string of the molecule is CCOc1ccc(NC(=O)[C@@H]2[C@@H]3CCC4(O3)C(C(=O)Nc3c(C)cccc3C)N(CCO)C(=O)[C@H]24)cc1. The second kappa shape index (κ2) is 9.79. The third-order valence-electron chi connectivity index (χ3n) is 7.85. The second-order valence-corrected chi connectivity index (χ2v) is 10.0. The van der Waals surface area contributed by atoms with Gasteiger partial charge in [-0.3, -0.25) is 14.4 Å². The van der Waals surface area contributed by atoms with Gasteiger partial charge in [0.2, 0.25) is 17.7 Å². The number of hydrogen-bond acceptors (Lipinski definition) is 6. The summed E-state index contributed by atoms with van der Waals surface area (Å²) in [7, 11) is 0. The smallest absolute Gasteiger partial charge is 0.250 e. The lowest BCUT2D eigenvalue weighted by atomic mass is 9.70. The van der Waals surface area contributed by atoms with Crippen LogP contribution in [0.15, 0.2) is 42.5 Å². The molecule has 37 heavy (non-hydrogen) atoms. The molecule has 3 N–H and O–H groups in total. The van der Waals surface area contributed by atoms with Gasteiger partial charge in [-0.05, 0) is 69.0 Å². The quantitative estimate of drug-likeness (QED) is 0.506. The van der Waals surface area contributed by atoms with Crippen LogP contribution in [0.25, 0.3) is 0 Å². The predicted octanol–water partition coefficient (Wildman–Crippen LogP) is 2.65. The van der Waals surface area contributed by atoms with Crippen molar-refractivity contribution < 1.29 is 29.0 Å². The van der Waals surface area contributed by atoms with Crippen molar-refractivity contribution in [3.05, 3.63) is 53.6 Å². The summed E-state index contributed by atoms with van der Waals surface area (Å²) in [4.78, 5) is 42.3. The highest BCUT2D eigenvalue weighted by Crippen LogP contribution is 2.58. The van der Waals surface area contributed by atoms with Gasteiger partial charge in [0.25, 0.3) is 0 Å². The standard InChI is InChI=1S/C28H33N3O6/c1-4-36-19-10-8-18(9-11-19)29-25(33)21-20-12-13-28(37-20)22(21)27(35)31(14-15-32)24(28)26(34)30-23-16(2)6-5-7-17(23)3/h5-11,20-22,24,32H,4,12-15H2,1-3H3,(H,29,33)(H,30,34)/t20-,21+,22-,24?,28?/m0/s1. The zero-order chi connectivity index (χ0) is 26.3. The Kier molecular flexibility index (Phi) is 6.68. The van der Waals surface area contributed by atoms with Crippen molar-refractivity contribution in [2.75, 3.05) is 30.4 Å². The molecule has 196 valence electrons. The second-order valence-electron chi connectivity index (χ2n) is 10.0. The molecule has 3 fully saturated rings. The topological polar surface area (TPSA) is 117 Å². The molecule has 9 heteroatoms. The number of aryl methyl sites for hydroxylation is 2. The van der Waals surface area contributed by atoms with Crippen molar-refractivity contribution in [2.45, 2.75) is 51.4 Å². The van der Waals surface area contributed by atoms with Gasteiger partial charge in [-0.2, -0.15) is 0 Å². The summed E-state index contributed by atoms with van der Waals surface area (Å²) in [5.41, 5.74) is 1.99. The van der Waals surface area contributed by atoms with E-state index in [1.165, 1.54) is 4.90 Å². The summed E-state index contributed by atoms with van der Waals surface area (Å²) in [6, 6.07) is 11.8. The first-order chi connectivity index (χ1) is 17.8. The van der Waals surface area contributed by atoms with Gasteiger partial charge >= 0.3 is 0 Å². The van der Waals surface area contributed by atoms with Gasteiger partial charge in [0.15, 0.2) is 0 Å². The first-order valence-corrected chi connectivity index (χ1v) is 12.8. The van der Waals surface area contributed by atoms with E-state index in [2.05, 4.69) is 10.6 Å². The van der Waals surface area contributed by atoms with Crippen LogP contribution in [0.2, 0.25) is 0 Å². The molecule has 0 saturated carbocycles. The van der Waals surface area contributed by atoms with E-state index in [9.17, 15) is 19.5 Å². The van der Waals surface area contributed by atoms with E-state index >= 15 is 0 Å². The maximum absolute atomic E-state index is 13.7. The number of likely N-dealkylation sites (tertiary alicyclic amines) is 1. The molecule has 3 saturated heterocycles. The molecule has 5 atom stereocenters. The van der Waals surface area contributed by atoms with Gasteiger partial charge in [-0.15, -0.1) is 0 Å². The van der Waals surface area contributed by atoms with Crippen molar-refractivity contribution in [3.63, 3.8) is 0 Å². The molecule has 0 aliphatic carbocycles. The summed E-state index contributed by atoms with van der Waals surface area (Å²) in [6.45, 7) is 5.95. The number of anilines is 2. The largest absolute Gasteiger partial charge is 0.494 e. The first kappa shape index (κ1) is 25.2. The van der Waals surface area contributed by atoms with E-state index < -0.39 is 29.6 Å². The van der Waals surface area contributed by atoms with E-state index in [1.807, 2.05) is 39.0 Å². The zero-order valence-electron chi connectivity index (χ0n) is 21.3. The third kappa shape index (κ3) is 4.16. The number of aliphatic hydroxyl groups is 1. The van der Waals surface area contributed by atoms with Gasteiger partial charge < -0.3 is 30.1 Å². The predicted molar refractivity (Wildman–Crippen MR) is 137 cm³/mol. The van der Waals surface area contributed by atoms with Gasteiger partial charge in [-0.1, -0.05) is 18.2 Å². The number of ether oxygens (including phenoxy) is 2. The Labute approximate surface area is 216 Å². The van der Waals surface area contributed by atoms with Crippen molar-refractivity contribution in [1.82, 2.24) is 4.90 Å². The number of rotatable bonds is 8. The normalized spacial score (nSPS) is 27.8. The van der Waals surface area contributed by atoms with E-state index in [0.29, 0.717) is 36.6 Å². The monoisotopic (exact) mass is 507 g/mol. The highest BCUT2D eigenvalue weighted by Gasteiger charge is 2.74. The van der Waals surface area contributed by atoms with Crippen molar-refractivity contribution >= 4 is 29.1 Å². The number of nitrogens with one attached hydrogen (secondary N) is 2. The summed E-state index contributed by atoms with van der Waals surface area (Å²) in [5.74, 6) is -1.83. The molecule has 0 radical (unpaired) electrons. The molecule has 9 nitrogen and oxygen atoms in total. The van der Waals surface area contributed by atoms with Crippen molar-refractivity contribution in [2.24, 2.45) is 11.8 Å². The number of amides is 3. The van der Waals surface area contributed by atoms with Crippen LogP contribution >= 0.6 is 0 Å². The molecule has 5 rings (SSSR count). The lowest BCUT2D eigenvalue weighted by Crippen LogP contribution is -2.53. The molecule has 0 aromatic heterocycles. The van der Waals surface area contributed by atoms with Crippen LogP contribution < -0.4 is 15.4 Å². The number of aliphatic hydroxyl groups excluding tert-OH is 1. The Morgan fingerprint density at radius 1 is 1.11 bits per heavy atom. The highest BCUT2D eigenvalue weighted by molar-refractivity contribution is 6.05. The molecule has 3 aliphatic heterocycles. The Morgan fingerprint density at radius 3 is 2.46 bits per heavy atom. The number of β-amino-alcohol motifs (C(OH)–C–C–N with tert-alkyl or cyclic N) is 1. The minimum atomic E-state index is -1.11. The molecule has 3 aliphatic rings. The van der Waals surface area contributed by atoms with Crippen molar-refractivity contribution in [3.8, 4) is 5.75 Å². The minimum Gasteiger partial charge on any atom is -0.494 e.